The number of carbonyl (C=O) groups is 2. The van der Waals surface area contributed by atoms with Gasteiger partial charge in [0.25, 0.3) is 0 Å². The summed E-state index contributed by atoms with van der Waals surface area (Å²) in [5, 5.41) is 2.93. The monoisotopic (exact) mass is 505 g/mol. The summed E-state index contributed by atoms with van der Waals surface area (Å²) in [6, 6.07) is 0. The first-order chi connectivity index (χ1) is 16.2. The summed E-state index contributed by atoms with van der Waals surface area (Å²) >= 11 is 1.56. The van der Waals surface area contributed by atoms with E-state index in [1.807, 2.05) is 59.1 Å². The van der Waals surface area contributed by atoms with Crippen molar-refractivity contribution < 1.29 is 18.7 Å². The molecule has 0 fully saturated rings. The van der Waals surface area contributed by atoms with E-state index in [4.69, 9.17) is 4.74 Å². The Kier molecular flexibility index (Phi) is 10.4. The lowest BCUT2D eigenvalue weighted by molar-refractivity contribution is -0.150. The van der Waals surface area contributed by atoms with Crippen LogP contribution in [0, 0.1) is 36.0 Å². The number of aromatic nitrogens is 1. The first kappa shape index (κ1) is 29.4. The van der Waals surface area contributed by atoms with Crippen LogP contribution in [0.3, 0.4) is 0 Å². The zero-order valence-electron chi connectivity index (χ0n) is 23.0. The molecule has 0 spiro atoms. The standard InChI is InChI=1S/C29H44FNO3S/c1-17-10-12-25(30)18(2)11-13-26(19(3)14-24-16-35-23(7)31-24)34-27(32)15-20(4)29(8,9)28(33)22(6)21(17)5/h11,14,16-17,20-22,25-26H,10,12-13,15H2,1-9H3/b18-11-,19-14+/t17-,20-,21-,22+,25+,26-/m0/s1. The molecule has 1 aromatic rings. The van der Waals surface area contributed by atoms with Gasteiger partial charge in [0.1, 0.15) is 18.1 Å². The summed E-state index contributed by atoms with van der Waals surface area (Å²) in [6.45, 7) is 17.7. The van der Waals surface area contributed by atoms with Crippen LogP contribution < -0.4 is 0 Å². The molecular formula is C29H44FNO3S. The van der Waals surface area contributed by atoms with Crippen LogP contribution in [0.4, 0.5) is 4.39 Å². The normalized spacial score (nSPS) is 33.7. The van der Waals surface area contributed by atoms with Crippen LogP contribution in [0.1, 0.15) is 91.8 Å². The maximum Gasteiger partial charge on any atom is 0.306 e. The molecule has 6 heteroatoms. The molecule has 0 radical (unpaired) electrons. The van der Waals surface area contributed by atoms with E-state index >= 15 is 4.39 Å². The molecule has 2 rings (SSSR count). The van der Waals surface area contributed by atoms with Crippen LogP contribution in [0.5, 0.6) is 0 Å². The highest BCUT2D eigenvalue weighted by molar-refractivity contribution is 7.09. The first-order valence-corrected chi connectivity index (χ1v) is 13.8. The molecule has 1 aliphatic rings. The van der Waals surface area contributed by atoms with E-state index in [2.05, 4.69) is 18.8 Å². The van der Waals surface area contributed by atoms with Gasteiger partial charge in [-0.05, 0) is 68.6 Å². The number of aryl methyl sites for hydroxylation is 1. The van der Waals surface area contributed by atoms with Crippen LogP contribution >= 0.6 is 11.3 Å². The number of cyclic esters (lactones) is 1. The Morgan fingerprint density at radius 3 is 2.43 bits per heavy atom. The number of hydrogen-bond acceptors (Lipinski definition) is 5. The number of Topliss-reactive ketones (excluding diaryl/α,β-unsaturated/α-hetero) is 1. The maximum absolute atomic E-state index is 15.0. The predicted molar refractivity (Wildman–Crippen MR) is 143 cm³/mol. The molecule has 0 aromatic carbocycles. The number of nitrogens with zero attached hydrogens (tertiary/aromatic N) is 1. The van der Waals surface area contributed by atoms with Gasteiger partial charge in [-0.25, -0.2) is 9.37 Å². The Hall–Kier alpha value is -1.82. The van der Waals surface area contributed by atoms with E-state index in [-0.39, 0.29) is 41.8 Å². The third-order valence-corrected chi connectivity index (χ3v) is 9.05. The average Bonchev–Trinajstić information content (AvgIpc) is 3.21. The fourth-order valence-corrected chi connectivity index (χ4v) is 5.26. The number of ether oxygens (including phenoxy) is 1. The number of thiazole rings is 1. The number of esters is 1. The number of allylic oxidation sites excluding steroid dienone is 1. The molecule has 2 heterocycles. The quantitative estimate of drug-likeness (QED) is 0.304. The largest absolute Gasteiger partial charge is 0.457 e. The molecule has 0 N–H and O–H groups in total. The zero-order chi connectivity index (χ0) is 26.5. The summed E-state index contributed by atoms with van der Waals surface area (Å²) < 4.78 is 21.0. The fourth-order valence-electron chi connectivity index (χ4n) is 4.69. The van der Waals surface area contributed by atoms with Crippen molar-refractivity contribution in [1.29, 1.82) is 0 Å². The molecule has 0 aliphatic carbocycles. The van der Waals surface area contributed by atoms with Crippen molar-refractivity contribution in [2.24, 2.45) is 29.1 Å². The van der Waals surface area contributed by atoms with Gasteiger partial charge in [0.15, 0.2) is 0 Å². The number of ketones is 1. The second-order valence-electron chi connectivity index (χ2n) is 11.2. The maximum atomic E-state index is 15.0. The van der Waals surface area contributed by atoms with Gasteiger partial charge in [-0.15, -0.1) is 11.3 Å². The van der Waals surface area contributed by atoms with E-state index < -0.39 is 17.7 Å². The number of rotatable bonds is 2. The fraction of sp³-hybridized carbons (Fsp3) is 0.690. The first-order valence-electron chi connectivity index (χ1n) is 12.9. The van der Waals surface area contributed by atoms with Crippen LogP contribution in [-0.2, 0) is 14.3 Å². The van der Waals surface area contributed by atoms with Crippen LogP contribution in [0.2, 0.25) is 0 Å². The van der Waals surface area contributed by atoms with Gasteiger partial charge in [-0.2, -0.15) is 0 Å². The molecule has 1 aromatic heterocycles. The summed E-state index contributed by atoms with van der Waals surface area (Å²) in [6.07, 6.45) is 3.94. The summed E-state index contributed by atoms with van der Waals surface area (Å²) in [7, 11) is 0. The summed E-state index contributed by atoms with van der Waals surface area (Å²) in [5.41, 5.74) is 1.69. The predicted octanol–water partition coefficient (Wildman–Crippen LogP) is 7.76. The van der Waals surface area contributed by atoms with Crippen molar-refractivity contribution in [3.63, 3.8) is 0 Å². The van der Waals surface area contributed by atoms with E-state index in [1.54, 1.807) is 18.3 Å². The van der Waals surface area contributed by atoms with Gasteiger partial charge >= 0.3 is 5.97 Å². The SMILES string of the molecule is C/C1=C/C[C@@H](/C(C)=C/c2csc(C)n2)OC(=O)C[C@H](C)C(C)(C)C(=O)[C@H](C)[C@@H](C)[C@@H](C)CC[C@H]1F. The van der Waals surface area contributed by atoms with E-state index in [0.29, 0.717) is 18.4 Å². The van der Waals surface area contributed by atoms with Gasteiger partial charge in [-0.3, -0.25) is 9.59 Å². The van der Waals surface area contributed by atoms with Crippen LogP contribution in [0.25, 0.3) is 6.08 Å². The third kappa shape index (κ3) is 7.83. The van der Waals surface area contributed by atoms with Crippen molar-refractivity contribution >= 4 is 29.2 Å². The minimum absolute atomic E-state index is 0.136. The Bertz CT molecular complexity index is 947. The zero-order valence-corrected chi connectivity index (χ0v) is 23.8. The molecule has 0 amide bonds. The van der Waals surface area contributed by atoms with Crippen molar-refractivity contribution in [2.45, 2.75) is 100 Å². The molecule has 0 saturated carbocycles. The van der Waals surface area contributed by atoms with E-state index in [1.165, 1.54) is 0 Å². The van der Waals surface area contributed by atoms with Crippen LogP contribution in [0.15, 0.2) is 22.6 Å². The van der Waals surface area contributed by atoms with Crippen LogP contribution in [-0.4, -0.2) is 29.0 Å². The highest BCUT2D eigenvalue weighted by Crippen LogP contribution is 2.38. The van der Waals surface area contributed by atoms with Gasteiger partial charge in [0.05, 0.1) is 10.7 Å². The highest BCUT2D eigenvalue weighted by atomic mass is 32.1. The smallest absolute Gasteiger partial charge is 0.306 e. The van der Waals surface area contributed by atoms with Crippen molar-refractivity contribution in [3.8, 4) is 0 Å². The number of halogens is 1. The number of carbonyl (C=O) groups excluding carboxylic acids is 2. The Balaban J connectivity index is 2.38. The molecule has 196 valence electrons. The molecule has 6 atom stereocenters. The molecule has 4 nitrogen and oxygen atoms in total. The Morgan fingerprint density at radius 2 is 1.83 bits per heavy atom. The summed E-state index contributed by atoms with van der Waals surface area (Å²) in [5.74, 6) is -0.155. The third-order valence-electron chi connectivity index (χ3n) is 8.26. The van der Waals surface area contributed by atoms with Gasteiger partial charge in [0.2, 0.25) is 0 Å². The van der Waals surface area contributed by atoms with Crippen molar-refractivity contribution in [3.05, 3.63) is 33.3 Å². The number of hydrogen-bond donors (Lipinski definition) is 0. The lowest BCUT2D eigenvalue weighted by Crippen LogP contribution is -2.40. The summed E-state index contributed by atoms with van der Waals surface area (Å²) in [4.78, 5) is 31.0. The lowest BCUT2D eigenvalue weighted by atomic mass is 9.67. The molecule has 0 bridgehead atoms. The van der Waals surface area contributed by atoms with Crippen molar-refractivity contribution in [2.75, 3.05) is 0 Å². The molecular weight excluding hydrogens is 461 g/mol. The molecule has 0 unspecified atom stereocenters. The topological polar surface area (TPSA) is 56.3 Å². The second kappa shape index (κ2) is 12.4. The minimum Gasteiger partial charge on any atom is -0.457 e. The number of alkyl halides is 1. The lowest BCUT2D eigenvalue weighted by Gasteiger charge is -2.36. The highest BCUT2D eigenvalue weighted by Gasteiger charge is 2.40. The Morgan fingerprint density at radius 1 is 1.17 bits per heavy atom. The van der Waals surface area contributed by atoms with E-state index in [0.717, 1.165) is 22.7 Å². The van der Waals surface area contributed by atoms with Gasteiger partial charge < -0.3 is 4.74 Å². The van der Waals surface area contributed by atoms with Gasteiger partial charge in [-0.1, -0.05) is 47.6 Å². The molecule has 35 heavy (non-hydrogen) atoms. The average molecular weight is 506 g/mol. The molecule has 1 aliphatic heterocycles. The van der Waals surface area contributed by atoms with E-state index in [9.17, 15) is 9.59 Å². The Labute approximate surface area is 215 Å². The second-order valence-corrected chi connectivity index (χ2v) is 12.3. The molecule has 0 saturated heterocycles. The van der Waals surface area contributed by atoms with Crippen molar-refractivity contribution in [1.82, 2.24) is 4.98 Å². The minimum atomic E-state index is -1.05. The van der Waals surface area contributed by atoms with Gasteiger partial charge in [0, 0.05) is 29.6 Å².